The van der Waals surface area contributed by atoms with Gasteiger partial charge >= 0.3 is 6.03 Å². The largest absolute Gasteiger partial charge is 0.399 e. The number of rotatable bonds is 4. The van der Waals surface area contributed by atoms with Crippen molar-refractivity contribution in [2.24, 2.45) is 0 Å². The average molecular weight is 247 g/mol. The van der Waals surface area contributed by atoms with Crippen LogP contribution in [0.2, 0.25) is 0 Å². The van der Waals surface area contributed by atoms with E-state index >= 15 is 0 Å². The van der Waals surface area contributed by atoms with E-state index < -0.39 is 0 Å². The van der Waals surface area contributed by atoms with Crippen LogP contribution in [-0.4, -0.2) is 29.9 Å². The molecule has 1 aromatic carbocycles. The fourth-order valence-corrected chi connectivity index (χ4v) is 1.93. The van der Waals surface area contributed by atoms with E-state index in [4.69, 9.17) is 5.73 Å². The minimum absolute atomic E-state index is 0.118. The summed E-state index contributed by atoms with van der Waals surface area (Å²) in [6.45, 7) is 2.65. The summed E-state index contributed by atoms with van der Waals surface area (Å²) in [4.78, 5) is 26.7. The fraction of sp³-hybridized carbons (Fsp3) is 0.385. The van der Waals surface area contributed by atoms with Gasteiger partial charge in [0.1, 0.15) is 6.54 Å². The van der Waals surface area contributed by atoms with Crippen molar-refractivity contribution in [2.75, 3.05) is 23.7 Å². The number of nitrogens with two attached hydrogens (primary N) is 1. The van der Waals surface area contributed by atoms with Gasteiger partial charge in [-0.15, -0.1) is 0 Å². The van der Waals surface area contributed by atoms with Crippen LogP contribution in [-0.2, 0) is 4.79 Å². The molecule has 18 heavy (non-hydrogen) atoms. The van der Waals surface area contributed by atoms with Gasteiger partial charge in [-0.2, -0.15) is 0 Å². The summed E-state index contributed by atoms with van der Waals surface area (Å²) in [6, 6.07) is 6.72. The number of amides is 3. The summed E-state index contributed by atoms with van der Waals surface area (Å²) in [7, 11) is 0. The summed E-state index contributed by atoms with van der Waals surface area (Å²) in [5.74, 6) is -0.134. The van der Waals surface area contributed by atoms with Gasteiger partial charge in [-0.3, -0.25) is 14.6 Å². The van der Waals surface area contributed by atoms with Gasteiger partial charge in [0.15, 0.2) is 0 Å². The second-order valence-corrected chi connectivity index (χ2v) is 4.36. The van der Waals surface area contributed by atoms with E-state index in [2.05, 4.69) is 0 Å². The van der Waals surface area contributed by atoms with Crippen LogP contribution < -0.4 is 10.6 Å². The van der Waals surface area contributed by atoms with Crippen molar-refractivity contribution in [2.45, 2.75) is 19.8 Å². The zero-order valence-electron chi connectivity index (χ0n) is 10.4. The number of carbonyl (C=O) groups is 2. The molecule has 0 aliphatic carbocycles. The molecule has 2 N–H and O–H groups in total. The first-order valence-electron chi connectivity index (χ1n) is 6.11. The summed E-state index contributed by atoms with van der Waals surface area (Å²) >= 11 is 0. The Labute approximate surface area is 106 Å². The van der Waals surface area contributed by atoms with Crippen LogP contribution in [0.15, 0.2) is 24.3 Å². The molecule has 1 fully saturated rings. The molecule has 1 heterocycles. The van der Waals surface area contributed by atoms with Crippen molar-refractivity contribution in [1.29, 1.82) is 0 Å². The molecule has 0 bridgehead atoms. The molecule has 5 nitrogen and oxygen atoms in total. The van der Waals surface area contributed by atoms with Crippen molar-refractivity contribution in [3.05, 3.63) is 24.3 Å². The van der Waals surface area contributed by atoms with Crippen LogP contribution in [0.25, 0.3) is 0 Å². The van der Waals surface area contributed by atoms with Gasteiger partial charge in [-0.25, -0.2) is 4.79 Å². The first kappa shape index (κ1) is 12.4. The molecule has 1 aliphatic rings. The predicted molar refractivity (Wildman–Crippen MR) is 70.2 cm³/mol. The van der Waals surface area contributed by atoms with Crippen molar-refractivity contribution in [1.82, 2.24) is 4.90 Å². The number of imide groups is 1. The molecule has 0 spiro atoms. The third-order valence-corrected chi connectivity index (χ3v) is 3.00. The molecular formula is C13H17N3O2. The Balaban J connectivity index is 2.14. The van der Waals surface area contributed by atoms with Crippen molar-refractivity contribution in [3.8, 4) is 0 Å². The van der Waals surface area contributed by atoms with Crippen molar-refractivity contribution in [3.63, 3.8) is 0 Å². The molecule has 0 unspecified atom stereocenters. The van der Waals surface area contributed by atoms with Crippen LogP contribution in [0.4, 0.5) is 16.2 Å². The van der Waals surface area contributed by atoms with Gasteiger partial charge in [0.2, 0.25) is 0 Å². The third kappa shape index (κ3) is 2.30. The van der Waals surface area contributed by atoms with Crippen LogP contribution in [0.1, 0.15) is 19.8 Å². The van der Waals surface area contributed by atoms with Gasteiger partial charge in [0.25, 0.3) is 5.91 Å². The molecule has 0 aromatic heterocycles. The highest BCUT2D eigenvalue weighted by molar-refractivity contribution is 6.12. The molecular weight excluding hydrogens is 230 g/mol. The Bertz CT molecular complexity index is 456. The van der Waals surface area contributed by atoms with Crippen LogP contribution in [0.5, 0.6) is 0 Å². The van der Waals surface area contributed by atoms with Crippen LogP contribution in [0, 0.1) is 0 Å². The van der Waals surface area contributed by atoms with Gasteiger partial charge < -0.3 is 5.73 Å². The first-order valence-corrected chi connectivity index (χ1v) is 6.11. The number of carbonyl (C=O) groups excluding carboxylic acids is 2. The third-order valence-electron chi connectivity index (χ3n) is 3.00. The number of nitrogens with zero attached hydrogens (tertiary/aromatic N) is 2. The highest BCUT2D eigenvalue weighted by Crippen LogP contribution is 2.22. The van der Waals surface area contributed by atoms with Crippen molar-refractivity contribution >= 4 is 23.3 Å². The lowest BCUT2D eigenvalue weighted by atomic mass is 10.2. The maximum Gasteiger partial charge on any atom is 0.331 e. The van der Waals surface area contributed by atoms with E-state index in [1.165, 1.54) is 9.80 Å². The van der Waals surface area contributed by atoms with E-state index in [0.29, 0.717) is 17.9 Å². The summed E-state index contributed by atoms with van der Waals surface area (Å²) in [6.07, 6.45) is 1.80. The van der Waals surface area contributed by atoms with Gasteiger partial charge in [0.05, 0.1) is 0 Å². The SMILES string of the molecule is CCCCN1C(=O)CN(c2ccc(N)cc2)C1=O. The maximum absolute atomic E-state index is 12.1. The Morgan fingerprint density at radius 2 is 1.89 bits per heavy atom. The van der Waals surface area contributed by atoms with Crippen molar-refractivity contribution < 1.29 is 9.59 Å². The zero-order valence-corrected chi connectivity index (χ0v) is 10.4. The lowest BCUT2D eigenvalue weighted by Gasteiger charge is -2.16. The minimum atomic E-state index is -0.238. The monoisotopic (exact) mass is 247 g/mol. The highest BCUT2D eigenvalue weighted by atomic mass is 16.2. The number of urea groups is 1. The predicted octanol–water partition coefficient (Wildman–Crippen LogP) is 1.84. The summed E-state index contributed by atoms with van der Waals surface area (Å²) in [5, 5.41) is 0. The van der Waals surface area contributed by atoms with Gasteiger partial charge in [-0.1, -0.05) is 13.3 Å². The van der Waals surface area contributed by atoms with E-state index in [1.54, 1.807) is 24.3 Å². The van der Waals surface area contributed by atoms with E-state index in [0.717, 1.165) is 12.8 Å². The number of anilines is 2. The Hall–Kier alpha value is -2.04. The molecule has 0 saturated carbocycles. The molecule has 5 heteroatoms. The summed E-state index contributed by atoms with van der Waals surface area (Å²) in [5.41, 5.74) is 6.95. The normalized spacial score (nSPS) is 15.6. The quantitative estimate of drug-likeness (QED) is 0.652. The number of nitrogen functional groups attached to an aromatic ring is 1. The molecule has 2 rings (SSSR count). The van der Waals surface area contributed by atoms with Crippen LogP contribution in [0.3, 0.4) is 0 Å². The molecule has 1 saturated heterocycles. The van der Waals surface area contributed by atoms with Gasteiger partial charge in [-0.05, 0) is 30.7 Å². The second-order valence-electron chi connectivity index (χ2n) is 4.36. The molecule has 3 amide bonds. The molecule has 0 atom stereocenters. The van der Waals surface area contributed by atoms with E-state index in [1.807, 2.05) is 6.92 Å². The molecule has 1 aromatic rings. The lowest BCUT2D eigenvalue weighted by molar-refractivity contribution is -0.124. The van der Waals surface area contributed by atoms with Gasteiger partial charge in [0, 0.05) is 17.9 Å². The standard InChI is InChI=1S/C13H17N3O2/c1-2-3-8-15-12(17)9-16(13(15)18)11-6-4-10(14)5-7-11/h4-7H,2-3,8-9,14H2,1H3. The smallest absolute Gasteiger partial charge is 0.331 e. The van der Waals surface area contributed by atoms with Crippen LogP contribution >= 0.6 is 0 Å². The Morgan fingerprint density at radius 1 is 1.22 bits per heavy atom. The molecule has 96 valence electrons. The molecule has 0 radical (unpaired) electrons. The highest BCUT2D eigenvalue weighted by Gasteiger charge is 2.36. The van der Waals surface area contributed by atoms with E-state index in [-0.39, 0.29) is 18.5 Å². The average Bonchev–Trinajstić information content (AvgIpc) is 2.64. The molecule has 1 aliphatic heterocycles. The first-order chi connectivity index (χ1) is 8.63. The Kier molecular flexibility index (Phi) is 3.50. The number of benzene rings is 1. The maximum atomic E-state index is 12.1. The van der Waals surface area contributed by atoms with E-state index in [9.17, 15) is 9.59 Å². The number of hydrogen-bond donors (Lipinski definition) is 1. The topological polar surface area (TPSA) is 66.6 Å². The Morgan fingerprint density at radius 3 is 2.50 bits per heavy atom. The number of unbranched alkanes of at least 4 members (excludes halogenated alkanes) is 1. The zero-order chi connectivity index (χ0) is 13.1. The lowest BCUT2D eigenvalue weighted by Crippen LogP contribution is -2.33. The second kappa shape index (κ2) is 5.08. The minimum Gasteiger partial charge on any atom is -0.399 e. The fourth-order valence-electron chi connectivity index (χ4n) is 1.93. The summed E-state index contributed by atoms with van der Waals surface area (Å²) < 4.78 is 0. The number of hydrogen-bond acceptors (Lipinski definition) is 3.